The van der Waals surface area contributed by atoms with Crippen LogP contribution in [0.3, 0.4) is 0 Å². The summed E-state index contributed by atoms with van der Waals surface area (Å²) in [6.07, 6.45) is 0. The smallest absolute Gasteiger partial charge is 0.130 e. The van der Waals surface area contributed by atoms with E-state index >= 15 is 0 Å². The molecule has 1 aromatic carbocycles. The Hall–Kier alpha value is -1.09. The van der Waals surface area contributed by atoms with Crippen LogP contribution in [0.25, 0.3) is 0 Å². The van der Waals surface area contributed by atoms with E-state index in [0.29, 0.717) is 11.3 Å². The van der Waals surface area contributed by atoms with Crippen molar-refractivity contribution >= 4 is 0 Å². The lowest BCUT2D eigenvalue weighted by Gasteiger charge is -2.26. The van der Waals surface area contributed by atoms with E-state index in [1.54, 1.807) is 6.07 Å². The van der Waals surface area contributed by atoms with Crippen LogP contribution in [-0.2, 0) is 5.41 Å². The minimum atomic E-state index is -0.442. The largest absolute Gasteiger partial charge is 0.496 e. The van der Waals surface area contributed by atoms with Crippen molar-refractivity contribution in [3.8, 4) is 5.75 Å². The van der Waals surface area contributed by atoms with E-state index in [2.05, 4.69) is 0 Å². The number of benzene rings is 1. The number of aliphatic hydroxyl groups excluding tert-OH is 1. The first-order valence-corrected chi connectivity index (χ1v) is 5.82. The van der Waals surface area contributed by atoms with Gasteiger partial charge in [-0.25, -0.2) is 4.39 Å². The molecule has 17 heavy (non-hydrogen) atoms. The van der Waals surface area contributed by atoms with Gasteiger partial charge in [-0.2, -0.15) is 0 Å². The van der Waals surface area contributed by atoms with Gasteiger partial charge >= 0.3 is 0 Å². The van der Waals surface area contributed by atoms with Crippen molar-refractivity contribution < 1.29 is 14.2 Å². The monoisotopic (exact) mass is 240 g/mol. The predicted octanol–water partition coefficient (Wildman–Crippen LogP) is 3.23. The molecule has 3 heteroatoms. The second-order valence-corrected chi connectivity index (χ2v) is 5.27. The molecule has 0 aliphatic heterocycles. The van der Waals surface area contributed by atoms with Crippen molar-refractivity contribution in [1.82, 2.24) is 0 Å². The number of ether oxygens (including phenoxy) is 1. The Labute approximate surface area is 102 Å². The van der Waals surface area contributed by atoms with Crippen molar-refractivity contribution in [2.24, 2.45) is 0 Å². The molecule has 0 spiro atoms. The molecular weight excluding hydrogens is 219 g/mol. The fourth-order valence-corrected chi connectivity index (χ4v) is 1.80. The fourth-order valence-electron chi connectivity index (χ4n) is 1.80. The van der Waals surface area contributed by atoms with Crippen molar-refractivity contribution in [3.05, 3.63) is 29.1 Å². The van der Waals surface area contributed by atoms with Gasteiger partial charge in [-0.1, -0.05) is 27.7 Å². The van der Waals surface area contributed by atoms with Crippen LogP contribution in [0.1, 0.15) is 44.7 Å². The first-order valence-electron chi connectivity index (χ1n) is 5.82. The first kappa shape index (κ1) is 14.0. The Morgan fingerprint density at radius 3 is 2.35 bits per heavy atom. The van der Waals surface area contributed by atoms with Crippen LogP contribution >= 0.6 is 0 Å². The van der Waals surface area contributed by atoms with E-state index in [4.69, 9.17) is 4.74 Å². The van der Waals surface area contributed by atoms with Crippen LogP contribution < -0.4 is 4.74 Å². The molecule has 0 aliphatic carbocycles. The van der Waals surface area contributed by atoms with E-state index in [0.717, 1.165) is 5.56 Å². The number of methoxy groups -OCH3 is 1. The van der Waals surface area contributed by atoms with Gasteiger partial charge in [-0.3, -0.25) is 0 Å². The Morgan fingerprint density at radius 1 is 1.35 bits per heavy atom. The molecule has 0 fully saturated rings. The van der Waals surface area contributed by atoms with Gasteiger partial charge in [0.2, 0.25) is 0 Å². The molecule has 0 unspecified atom stereocenters. The summed E-state index contributed by atoms with van der Waals surface area (Å²) in [5.41, 5.74) is 1.05. The molecule has 0 heterocycles. The summed E-state index contributed by atoms with van der Waals surface area (Å²) in [6, 6.07) is 3.21. The molecule has 96 valence electrons. The topological polar surface area (TPSA) is 29.5 Å². The minimum absolute atomic E-state index is 0.00741. The Kier molecular flexibility index (Phi) is 4.15. The van der Waals surface area contributed by atoms with E-state index in [9.17, 15) is 9.50 Å². The van der Waals surface area contributed by atoms with Crippen LogP contribution in [0.5, 0.6) is 5.75 Å². The molecule has 1 rings (SSSR count). The summed E-state index contributed by atoms with van der Waals surface area (Å²) in [6.45, 7) is 7.70. The third kappa shape index (κ3) is 2.78. The van der Waals surface area contributed by atoms with Gasteiger partial charge < -0.3 is 9.84 Å². The third-order valence-corrected chi connectivity index (χ3v) is 3.07. The average molecular weight is 240 g/mol. The van der Waals surface area contributed by atoms with Crippen LogP contribution in [0.2, 0.25) is 0 Å². The molecule has 0 saturated heterocycles. The molecule has 0 aromatic heterocycles. The lowest BCUT2D eigenvalue weighted by atomic mass is 9.83. The normalized spacial score (nSPS) is 12.0. The number of hydrogen-bond acceptors (Lipinski definition) is 2. The zero-order chi connectivity index (χ0) is 13.2. The van der Waals surface area contributed by atoms with Crippen molar-refractivity contribution in [1.29, 1.82) is 0 Å². The molecule has 0 saturated carbocycles. The highest BCUT2D eigenvalue weighted by molar-refractivity contribution is 5.43. The average Bonchev–Trinajstić information content (AvgIpc) is 2.27. The number of rotatable bonds is 4. The van der Waals surface area contributed by atoms with Crippen LogP contribution in [0.15, 0.2) is 12.1 Å². The standard InChI is InChI=1S/C14H21FO2/c1-9(2)10-6-11(14(3,4)8-16)13(17-5)7-12(10)15/h6-7,9,16H,8H2,1-5H3. The number of aliphatic hydroxyl groups is 1. The van der Waals surface area contributed by atoms with Crippen molar-refractivity contribution in [2.75, 3.05) is 13.7 Å². The molecule has 0 radical (unpaired) electrons. The summed E-state index contributed by atoms with van der Waals surface area (Å²) < 4.78 is 19.0. The summed E-state index contributed by atoms with van der Waals surface area (Å²) in [7, 11) is 1.51. The van der Waals surface area contributed by atoms with E-state index in [1.807, 2.05) is 27.7 Å². The highest BCUT2D eigenvalue weighted by atomic mass is 19.1. The van der Waals surface area contributed by atoms with Crippen LogP contribution in [0, 0.1) is 5.82 Å². The lowest BCUT2D eigenvalue weighted by Crippen LogP contribution is -2.23. The summed E-state index contributed by atoms with van der Waals surface area (Å²) >= 11 is 0. The molecule has 0 amide bonds. The van der Waals surface area contributed by atoms with Gasteiger partial charge in [-0.05, 0) is 17.5 Å². The van der Waals surface area contributed by atoms with Gasteiger partial charge in [0.15, 0.2) is 0 Å². The zero-order valence-corrected chi connectivity index (χ0v) is 11.2. The maximum Gasteiger partial charge on any atom is 0.130 e. The molecule has 1 aromatic rings. The maximum atomic E-state index is 13.8. The van der Waals surface area contributed by atoms with Crippen molar-refractivity contribution in [3.63, 3.8) is 0 Å². The van der Waals surface area contributed by atoms with Gasteiger partial charge in [0.25, 0.3) is 0 Å². The summed E-state index contributed by atoms with van der Waals surface area (Å²) in [4.78, 5) is 0. The van der Waals surface area contributed by atoms with Gasteiger partial charge in [0.05, 0.1) is 13.7 Å². The second kappa shape index (κ2) is 5.05. The fraction of sp³-hybridized carbons (Fsp3) is 0.571. The van der Waals surface area contributed by atoms with E-state index in [-0.39, 0.29) is 18.3 Å². The predicted molar refractivity (Wildman–Crippen MR) is 67.2 cm³/mol. The van der Waals surface area contributed by atoms with Crippen LogP contribution in [-0.4, -0.2) is 18.8 Å². The van der Waals surface area contributed by atoms with E-state index < -0.39 is 5.41 Å². The van der Waals surface area contributed by atoms with Gasteiger partial charge in [0.1, 0.15) is 11.6 Å². The number of halogens is 1. The maximum absolute atomic E-state index is 13.8. The Bertz CT molecular complexity index is 397. The quantitative estimate of drug-likeness (QED) is 0.875. The Morgan fingerprint density at radius 2 is 1.94 bits per heavy atom. The molecule has 0 aliphatic rings. The SMILES string of the molecule is COc1cc(F)c(C(C)C)cc1C(C)(C)CO. The molecule has 2 nitrogen and oxygen atoms in total. The lowest BCUT2D eigenvalue weighted by molar-refractivity contribution is 0.214. The van der Waals surface area contributed by atoms with Crippen LogP contribution in [0.4, 0.5) is 4.39 Å². The Balaban J connectivity index is 3.42. The molecule has 0 atom stereocenters. The van der Waals surface area contributed by atoms with Gasteiger partial charge in [0, 0.05) is 17.0 Å². The summed E-state index contributed by atoms with van der Waals surface area (Å²) in [5, 5.41) is 9.42. The zero-order valence-electron chi connectivity index (χ0n) is 11.2. The highest BCUT2D eigenvalue weighted by Crippen LogP contribution is 2.35. The van der Waals surface area contributed by atoms with Crippen molar-refractivity contribution in [2.45, 2.75) is 39.0 Å². The molecular formula is C14H21FO2. The molecule has 0 bridgehead atoms. The summed E-state index contributed by atoms with van der Waals surface area (Å²) in [5.74, 6) is 0.342. The van der Waals surface area contributed by atoms with E-state index in [1.165, 1.54) is 13.2 Å². The highest BCUT2D eigenvalue weighted by Gasteiger charge is 2.25. The molecule has 1 N–H and O–H groups in total. The minimum Gasteiger partial charge on any atom is -0.496 e. The third-order valence-electron chi connectivity index (χ3n) is 3.07. The first-order chi connectivity index (χ1) is 7.83. The number of hydrogen-bond donors (Lipinski definition) is 1. The van der Waals surface area contributed by atoms with Gasteiger partial charge in [-0.15, -0.1) is 0 Å². The second-order valence-electron chi connectivity index (χ2n) is 5.27.